The summed E-state index contributed by atoms with van der Waals surface area (Å²) >= 11 is 0. The Hall–Kier alpha value is -16.8. The molecule has 578 valence electrons. The van der Waals surface area contributed by atoms with E-state index in [-0.39, 0.29) is 0 Å². The number of nitrogens with zero attached hydrogens (tertiary/aromatic N) is 10. The molecule has 6 aromatic heterocycles. The zero-order valence-electron chi connectivity index (χ0n) is 67.0. The largest absolute Gasteiger partial charge is 0.309 e. The van der Waals surface area contributed by atoms with Crippen LogP contribution in [0.3, 0.4) is 0 Å². The van der Waals surface area contributed by atoms with Crippen LogP contribution in [0.25, 0.3) is 234 Å². The van der Waals surface area contributed by atoms with Crippen LogP contribution in [-0.2, 0) is 0 Å². The molecule has 0 fully saturated rings. The van der Waals surface area contributed by atoms with Crippen LogP contribution in [0.2, 0.25) is 0 Å². The van der Waals surface area contributed by atoms with Crippen molar-refractivity contribution in [1.82, 2.24) is 48.2 Å². The number of hydrogen-bond donors (Lipinski definition) is 0. The molecule has 0 amide bonds. The molecule has 0 unspecified atom stereocenters. The predicted octanol–water partition coefficient (Wildman–Crippen LogP) is 28.8. The highest BCUT2D eigenvalue weighted by atomic mass is 15.1. The summed E-state index contributed by atoms with van der Waals surface area (Å²) in [6, 6.07) is 156. The van der Waals surface area contributed by atoms with Gasteiger partial charge in [-0.05, 0) is 195 Å². The van der Waals surface area contributed by atoms with Gasteiger partial charge in [-0.25, -0.2) is 29.9 Å². The molecular formula is C114H72N10. The zero-order chi connectivity index (χ0) is 81.7. The van der Waals surface area contributed by atoms with Crippen LogP contribution in [0.1, 0.15) is 0 Å². The Bertz CT molecular complexity index is 8260. The molecule has 0 aliphatic rings. The first-order chi connectivity index (χ1) is 61.5. The van der Waals surface area contributed by atoms with E-state index >= 15 is 0 Å². The lowest BCUT2D eigenvalue weighted by Crippen LogP contribution is -2.02. The van der Waals surface area contributed by atoms with Gasteiger partial charge < -0.3 is 18.3 Å². The van der Waals surface area contributed by atoms with E-state index in [0.29, 0.717) is 34.9 Å². The monoisotopic (exact) mass is 1580 g/mol. The standard InChI is InChI=1S/C114H72N10/c1-5-26-73(27-6-1)75-48-50-78(51-49-75)109-115-110(118-113(117-109)96-42-14-13-36-89(96)76-30-9-3-10-31-76)79-52-58-85(59-53-79)122-104-46-23-19-41-95(104)99-72-88(63-67-108(99)122)124-105-47-24-17-39-93(105)97-69-83(57-65-106(97)124)82-56-64-90(77-32-11-4-12-33-77)100(70-82)114-119-111(116-112(120-114)84-35-25-34-81(68-84)74-28-7-2-8-29-74)80-54-60-86(61-55-80)121-103-45-22-18-40-94(103)98-71-87(62-66-107(98)121)123-101-43-20-15-37-91(101)92-38-16-21-44-102(92)123/h1-72H. The lowest BCUT2D eigenvalue weighted by atomic mass is 9.93. The molecule has 0 N–H and O–H groups in total. The first-order valence-corrected chi connectivity index (χ1v) is 42.0. The van der Waals surface area contributed by atoms with E-state index in [1.807, 2.05) is 12.1 Å². The van der Waals surface area contributed by atoms with Crippen molar-refractivity contribution in [3.63, 3.8) is 0 Å². The van der Waals surface area contributed by atoms with Gasteiger partial charge in [-0.15, -0.1) is 0 Å². The molecule has 6 heterocycles. The molecule has 24 aromatic rings. The van der Waals surface area contributed by atoms with Gasteiger partial charge in [0.15, 0.2) is 34.9 Å². The van der Waals surface area contributed by atoms with Gasteiger partial charge in [-0.1, -0.05) is 297 Å². The van der Waals surface area contributed by atoms with Crippen molar-refractivity contribution in [2.75, 3.05) is 0 Å². The third kappa shape index (κ3) is 12.3. The summed E-state index contributed by atoms with van der Waals surface area (Å²) in [5.41, 5.74) is 29.3. The molecule has 0 saturated carbocycles. The minimum Gasteiger partial charge on any atom is -0.309 e. The normalized spacial score (nSPS) is 11.7. The molecule has 24 rings (SSSR count). The highest BCUT2D eigenvalue weighted by Crippen LogP contribution is 2.45. The van der Waals surface area contributed by atoms with Crippen molar-refractivity contribution in [1.29, 1.82) is 0 Å². The molecular weight excluding hydrogens is 1510 g/mol. The molecule has 124 heavy (non-hydrogen) atoms. The van der Waals surface area contributed by atoms with Gasteiger partial charge in [0.25, 0.3) is 0 Å². The number of aromatic nitrogens is 10. The highest BCUT2D eigenvalue weighted by Gasteiger charge is 2.25. The maximum Gasteiger partial charge on any atom is 0.164 e. The average Bonchev–Trinajstić information content (AvgIpc) is 1.57. The molecule has 0 atom stereocenters. The van der Waals surface area contributed by atoms with Gasteiger partial charge >= 0.3 is 0 Å². The van der Waals surface area contributed by atoms with E-state index in [1.165, 1.54) is 32.6 Å². The lowest BCUT2D eigenvalue weighted by molar-refractivity contribution is 1.07. The van der Waals surface area contributed by atoms with Crippen LogP contribution >= 0.6 is 0 Å². The molecule has 10 heteroatoms. The Morgan fingerprint density at radius 1 is 0.121 bits per heavy atom. The van der Waals surface area contributed by atoms with Gasteiger partial charge in [0.05, 0.1) is 44.1 Å². The van der Waals surface area contributed by atoms with Crippen molar-refractivity contribution >= 4 is 87.2 Å². The Labute approximate surface area is 714 Å². The smallest absolute Gasteiger partial charge is 0.164 e. The van der Waals surface area contributed by atoms with Crippen molar-refractivity contribution in [3.05, 3.63) is 437 Å². The average molecular weight is 1580 g/mol. The van der Waals surface area contributed by atoms with E-state index in [2.05, 4.69) is 443 Å². The Balaban J connectivity index is 0.595. The van der Waals surface area contributed by atoms with E-state index in [1.54, 1.807) is 0 Å². The number of rotatable bonds is 15. The minimum absolute atomic E-state index is 0.564. The highest BCUT2D eigenvalue weighted by molar-refractivity contribution is 6.15. The zero-order valence-corrected chi connectivity index (χ0v) is 67.0. The van der Waals surface area contributed by atoms with Gasteiger partial charge in [0.1, 0.15) is 0 Å². The van der Waals surface area contributed by atoms with E-state index in [0.717, 1.165) is 166 Å². The molecule has 0 spiro atoms. The number of hydrogen-bond acceptors (Lipinski definition) is 6. The number of fused-ring (bicyclic) bond motifs is 12. The van der Waals surface area contributed by atoms with Crippen LogP contribution in [0.4, 0.5) is 0 Å². The Morgan fingerprint density at radius 3 is 0.839 bits per heavy atom. The fourth-order valence-electron chi connectivity index (χ4n) is 18.7. The van der Waals surface area contributed by atoms with E-state index in [9.17, 15) is 0 Å². The molecule has 10 nitrogen and oxygen atoms in total. The Morgan fingerprint density at radius 2 is 0.379 bits per heavy atom. The van der Waals surface area contributed by atoms with Crippen LogP contribution in [0.15, 0.2) is 437 Å². The second-order valence-electron chi connectivity index (χ2n) is 31.7. The summed E-state index contributed by atoms with van der Waals surface area (Å²) in [5, 5.41) is 9.42. The van der Waals surface area contributed by atoms with Gasteiger partial charge in [0.2, 0.25) is 0 Å². The van der Waals surface area contributed by atoms with Crippen LogP contribution < -0.4 is 0 Å². The summed E-state index contributed by atoms with van der Waals surface area (Å²) in [5.74, 6) is 3.49. The Kier molecular flexibility index (Phi) is 17.0. The predicted molar refractivity (Wildman–Crippen MR) is 510 cm³/mol. The summed E-state index contributed by atoms with van der Waals surface area (Å²) in [7, 11) is 0. The first-order valence-electron chi connectivity index (χ1n) is 42.0. The van der Waals surface area contributed by atoms with Crippen molar-refractivity contribution in [2.45, 2.75) is 0 Å². The van der Waals surface area contributed by atoms with E-state index in [4.69, 9.17) is 29.9 Å². The molecule has 0 aliphatic heterocycles. The summed E-state index contributed by atoms with van der Waals surface area (Å²) in [4.78, 5) is 32.3. The van der Waals surface area contributed by atoms with Gasteiger partial charge in [-0.2, -0.15) is 0 Å². The topological polar surface area (TPSA) is 97.1 Å². The summed E-state index contributed by atoms with van der Waals surface area (Å²) < 4.78 is 9.57. The second-order valence-corrected chi connectivity index (χ2v) is 31.7. The lowest BCUT2D eigenvalue weighted by Gasteiger charge is -2.15. The third-order valence-electron chi connectivity index (χ3n) is 24.5. The minimum atomic E-state index is 0.564. The molecule has 18 aromatic carbocycles. The summed E-state index contributed by atoms with van der Waals surface area (Å²) in [6.07, 6.45) is 0. The van der Waals surface area contributed by atoms with Crippen molar-refractivity contribution in [2.24, 2.45) is 0 Å². The molecule has 0 aliphatic carbocycles. The van der Waals surface area contributed by atoms with Crippen molar-refractivity contribution in [3.8, 4) is 147 Å². The first kappa shape index (κ1) is 71.3. The number of benzene rings is 18. The van der Waals surface area contributed by atoms with Crippen LogP contribution in [0, 0.1) is 0 Å². The maximum atomic E-state index is 5.57. The SMILES string of the molecule is c1ccc(-c2ccc(-c3nc(-c4ccc(-n5c6ccccc6c6cc(-n7c8ccccc8c8cc(-c9ccc(-c%10ccccc%10)c(-c%10nc(-c%11ccc(-n%12c%13ccccc%13c%13cc(-n%14c%15ccccc%15c%15ccccc%15%14)ccc%13%12)cc%11)nc(-c%11cccc(-c%12ccccc%12)c%11)n%10)c9)ccc87)ccc65)cc4)nc(-c4ccccc4-c4ccccc4)n3)cc2)cc1. The van der Waals surface area contributed by atoms with E-state index < -0.39 is 0 Å². The maximum absolute atomic E-state index is 5.57. The third-order valence-corrected chi connectivity index (χ3v) is 24.5. The van der Waals surface area contributed by atoms with Gasteiger partial charge in [0, 0.05) is 99.2 Å². The van der Waals surface area contributed by atoms with Crippen molar-refractivity contribution < 1.29 is 0 Å². The van der Waals surface area contributed by atoms with Gasteiger partial charge in [-0.3, -0.25) is 0 Å². The fourth-order valence-corrected chi connectivity index (χ4v) is 18.7. The van der Waals surface area contributed by atoms with Crippen LogP contribution in [-0.4, -0.2) is 48.2 Å². The molecule has 0 radical (unpaired) electrons. The fraction of sp³-hybridized carbons (Fsp3) is 0. The summed E-state index contributed by atoms with van der Waals surface area (Å²) in [6.45, 7) is 0. The second kappa shape index (κ2) is 29.6. The van der Waals surface area contributed by atoms with Crippen LogP contribution in [0.5, 0.6) is 0 Å². The molecule has 0 bridgehead atoms. The number of para-hydroxylation sites is 5. The molecule has 0 saturated heterocycles. The quantitative estimate of drug-likeness (QED) is 0.101.